The summed E-state index contributed by atoms with van der Waals surface area (Å²) in [6, 6.07) is 0. The SMILES string of the molecule is O=C(C=C1CCNCC1)NCC(F)(F)F. The van der Waals surface area contributed by atoms with Gasteiger partial charge >= 0.3 is 6.18 Å². The van der Waals surface area contributed by atoms with Crippen LogP contribution in [-0.2, 0) is 4.79 Å². The highest BCUT2D eigenvalue weighted by atomic mass is 19.4. The normalized spacial score (nSPS) is 17.4. The molecule has 0 aromatic rings. The van der Waals surface area contributed by atoms with Crippen LogP contribution in [0.15, 0.2) is 11.6 Å². The number of carbonyl (C=O) groups excluding carboxylic acids is 1. The maximum absolute atomic E-state index is 11.7. The molecule has 3 nitrogen and oxygen atoms in total. The topological polar surface area (TPSA) is 41.1 Å². The molecule has 1 aliphatic heterocycles. The average Bonchev–Trinajstić information content (AvgIpc) is 2.15. The number of hydrogen-bond acceptors (Lipinski definition) is 2. The Kier molecular flexibility index (Phi) is 4.14. The average molecular weight is 222 g/mol. The Morgan fingerprint density at radius 1 is 1.40 bits per heavy atom. The van der Waals surface area contributed by atoms with Crippen LogP contribution >= 0.6 is 0 Å². The van der Waals surface area contributed by atoms with E-state index in [0.29, 0.717) is 0 Å². The predicted molar refractivity (Wildman–Crippen MR) is 49.3 cm³/mol. The highest BCUT2D eigenvalue weighted by Crippen LogP contribution is 2.13. The summed E-state index contributed by atoms with van der Waals surface area (Å²) in [5, 5.41) is 4.90. The maximum atomic E-state index is 11.7. The Bertz CT molecular complexity index is 253. The van der Waals surface area contributed by atoms with Crippen LogP contribution in [-0.4, -0.2) is 31.7 Å². The number of rotatable bonds is 2. The zero-order valence-corrected chi connectivity index (χ0v) is 8.16. The molecule has 15 heavy (non-hydrogen) atoms. The lowest BCUT2D eigenvalue weighted by Gasteiger charge is -2.15. The quantitative estimate of drug-likeness (QED) is 0.684. The van der Waals surface area contributed by atoms with Crippen molar-refractivity contribution in [1.82, 2.24) is 10.6 Å². The molecule has 0 bridgehead atoms. The van der Waals surface area contributed by atoms with Crippen LogP contribution in [0.3, 0.4) is 0 Å². The first-order chi connectivity index (χ1) is 6.97. The molecule has 1 rings (SSSR count). The van der Waals surface area contributed by atoms with Crippen LogP contribution in [0.4, 0.5) is 13.2 Å². The maximum Gasteiger partial charge on any atom is 0.405 e. The first kappa shape index (κ1) is 12.0. The molecule has 1 saturated heterocycles. The molecule has 1 amide bonds. The number of alkyl halides is 3. The van der Waals surface area contributed by atoms with Gasteiger partial charge in [0.15, 0.2) is 0 Å². The Morgan fingerprint density at radius 3 is 2.53 bits per heavy atom. The van der Waals surface area contributed by atoms with Crippen molar-refractivity contribution in [3.8, 4) is 0 Å². The summed E-state index contributed by atoms with van der Waals surface area (Å²) in [4.78, 5) is 11.1. The van der Waals surface area contributed by atoms with Gasteiger partial charge in [-0.1, -0.05) is 5.57 Å². The molecule has 0 unspecified atom stereocenters. The molecule has 0 aromatic heterocycles. The minimum Gasteiger partial charge on any atom is -0.343 e. The van der Waals surface area contributed by atoms with Crippen molar-refractivity contribution in [2.75, 3.05) is 19.6 Å². The van der Waals surface area contributed by atoms with E-state index >= 15 is 0 Å². The molecule has 1 aliphatic rings. The first-order valence-electron chi connectivity index (χ1n) is 4.72. The third-order valence-corrected chi connectivity index (χ3v) is 2.04. The van der Waals surface area contributed by atoms with Gasteiger partial charge in [0.05, 0.1) is 0 Å². The second kappa shape index (κ2) is 5.16. The molecular formula is C9H13F3N2O. The number of hydrogen-bond donors (Lipinski definition) is 2. The smallest absolute Gasteiger partial charge is 0.343 e. The van der Waals surface area contributed by atoms with E-state index in [4.69, 9.17) is 0 Å². The summed E-state index contributed by atoms with van der Waals surface area (Å²) < 4.78 is 35.2. The summed E-state index contributed by atoms with van der Waals surface area (Å²) in [5.74, 6) is -0.663. The predicted octanol–water partition coefficient (Wildman–Crippen LogP) is 0.975. The Morgan fingerprint density at radius 2 is 2.00 bits per heavy atom. The number of carbonyl (C=O) groups is 1. The summed E-state index contributed by atoms with van der Waals surface area (Å²) in [6.45, 7) is 0.282. The van der Waals surface area contributed by atoms with Crippen LogP contribution in [0.5, 0.6) is 0 Å². The zero-order valence-electron chi connectivity index (χ0n) is 8.16. The zero-order chi connectivity index (χ0) is 11.3. The lowest BCUT2D eigenvalue weighted by molar-refractivity contribution is -0.135. The third kappa shape index (κ3) is 5.41. The van der Waals surface area contributed by atoms with Crippen molar-refractivity contribution in [2.45, 2.75) is 19.0 Å². The summed E-state index contributed by atoms with van der Waals surface area (Å²) in [6.07, 6.45) is -1.63. The molecule has 0 atom stereocenters. The van der Waals surface area contributed by atoms with Crippen LogP contribution in [0.1, 0.15) is 12.8 Å². The number of amides is 1. The summed E-state index contributed by atoms with van der Waals surface area (Å²) >= 11 is 0. The van der Waals surface area contributed by atoms with Crippen LogP contribution in [0, 0.1) is 0 Å². The van der Waals surface area contributed by atoms with E-state index in [1.165, 1.54) is 6.08 Å². The van der Waals surface area contributed by atoms with Gasteiger partial charge in [-0.25, -0.2) is 0 Å². The third-order valence-electron chi connectivity index (χ3n) is 2.04. The number of nitrogens with one attached hydrogen (secondary N) is 2. The fourth-order valence-corrected chi connectivity index (χ4v) is 1.32. The molecule has 0 saturated carbocycles. The Balaban J connectivity index is 2.34. The second-order valence-electron chi connectivity index (χ2n) is 3.39. The lowest BCUT2D eigenvalue weighted by Crippen LogP contribution is -2.33. The van der Waals surface area contributed by atoms with Crippen molar-refractivity contribution >= 4 is 5.91 Å². The second-order valence-corrected chi connectivity index (χ2v) is 3.39. The van der Waals surface area contributed by atoms with Gasteiger partial charge < -0.3 is 10.6 Å². The molecule has 0 aromatic carbocycles. The van der Waals surface area contributed by atoms with Crippen molar-refractivity contribution in [3.05, 3.63) is 11.6 Å². The van der Waals surface area contributed by atoms with Crippen molar-refractivity contribution in [2.24, 2.45) is 0 Å². The lowest BCUT2D eigenvalue weighted by atomic mass is 10.1. The number of halogens is 3. The Labute approximate surface area is 85.7 Å². The van der Waals surface area contributed by atoms with Crippen molar-refractivity contribution < 1.29 is 18.0 Å². The van der Waals surface area contributed by atoms with Gasteiger partial charge in [-0.05, 0) is 25.9 Å². The van der Waals surface area contributed by atoms with Gasteiger partial charge in [-0.15, -0.1) is 0 Å². The minimum atomic E-state index is -4.34. The van der Waals surface area contributed by atoms with Gasteiger partial charge in [-0.3, -0.25) is 4.79 Å². The highest BCUT2D eigenvalue weighted by molar-refractivity contribution is 5.88. The molecular weight excluding hydrogens is 209 g/mol. The van der Waals surface area contributed by atoms with Gasteiger partial charge in [0, 0.05) is 6.08 Å². The van der Waals surface area contributed by atoms with E-state index in [0.717, 1.165) is 31.5 Å². The van der Waals surface area contributed by atoms with E-state index < -0.39 is 18.6 Å². The van der Waals surface area contributed by atoms with E-state index in [1.807, 2.05) is 5.32 Å². The van der Waals surface area contributed by atoms with Gasteiger partial charge in [-0.2, -0.15) is 13.2 Å². The van der Waals surface area contributed by atoms with Gasteiger partial charge in [0.25, 0.3) is 0 Å². The van der Waals surface area contributed by atoms with Crippen molar-refractivity contribution in [1.29, 1.82) is 0 Å². The fourth-order valence-electron chi connectivity index (χ4n) is 1.32. The van der Waals surface area contributed by atoms with Crippen LogP contribution < -0.4 is 10.6 Å². The minimum absolute atomic E-state index is 0.663. The fraction of sp³-hybridized carbons (Fsp3) is 0.667. The van der Waals surface area contributed by atoms with E-state index in [-0.39, 0.29) is 0 Å². The molecule has 0 spiro atoms. The molecule has 0 radical (unpaired) electrons. The van der Waals surface area contributed by atoms with Gasteiger partial charge in [0.2, 0.25) is 5.91 Å². The largest absolute Gasteiger partial charge is 0.405 e. The molecule has 0 aliphatic carbocycles. The monoisotopic (exact) mass is 222 g/mol. The molecule has 6 heteroatoms. The highest BCUT2D eigenvalue weighted by Gasteiger charge is 2.27. The Hall–Kier alpha value is -1.04. The van der Waals surface area contributed by atoms with Crippen LogP contribution in [0.2, 0.25) is 0 Å². The standard InChI is InChI=1S/C9H13F3N2O/c10-9(11,12)6-14-8(15)5-7-1-3-13-4-2-7/h5,13H,1-4,6H2,(H,14,15). The molecule has 1 fully saturated rings. The molecule has 86 valence electrons. The number of piperidine rings is 1. The van der Waals surface area contributed by atoms with E-state index in [9.17, 15) is 18.0 Å². The summed E-state index contributed by atoms with van der Waals surface area (Å²) in [7, 11) is 0. The molecule has 1 heterocycles. The van der Waals surface area contributed by atoms with E-state index in [2.05, 4.69) is 5.32 Å². The molecule has 2 N–H and O–H groups in total. The summed E-state index contributed by atoms with van der Waals surface area (Å²) in [5.41, 5.74) is 0.897. The van der Waals surface area contributed by atoms with Crippen molar-refractivity contribution in [3.63, 3.8) is 0 Å². The van der Waals surface area contributed by atoms with Gasteiger partial charge in [0.1, 0.15) is 6.54 Å². The van der Waals surface area contributed by atoms with E-state index in [1.54, 1.807) is 0 Å². The first-order valence-corrected chi connectivity index (χ1v) is 4.72. The van der Waals surface area contributed by atoms with Crippen LogP contribution in [0.25, 0.3) is 0 Å².